The number of rotatable bonds is 3. The summed E-state index contributed by atoms with van der Waals surface area (Å²) in [6, 6.07) is 5.18. The van der Waals surface area contributed by atoms with Crippen LogP contribution in [0.15, 0.2) is 30.6 Å². The van der Waals surface area contributed by atoms with Crippen LogP contribution in [0.1, 0.15) is 47.8 Å². The summed E-state index contributed by atoms with van der Waals surface area (Å²) in [6.07, 6.45) is 8.50. The zero-order chi connectivity index (χ0) is 14.8. The molecule has 3 rings (SSSR count). The second-order valence-corrected chi connectivity index (χ2v) is 5.40. The second kappa shape index (κ2) is 5.60. The van der Waals surface area contributed by atoms with Gasteiger partial charge in [0.15, 0.2) is 0 Å². The maximum Gasteiger partial charge on any atom is 0.337 e. The zero-order valence-electron chi connectivity index (χ0n) is 12.1. The van der Waals surface area contributed by atoms with Gasteiger partial charge in [-0.05, 0) is 31.0 Å². The van der Waals surface area contributed by atoms with E-state index in [2.05, 4.69) is 4.98 Å². The molecule has 1 saturated carbocycles. The van der Waals surface area contributed by atoms with E-state index in [4.69, 9.17) is 10.5 Å². The molecule has 1 aromatic heterocycles. The number of carbonyl (C=O) groups excluding carboxylic acids is 1. The van der Waals surface area contributed by atoms with Crippen LogP contribution in [0.3, 0.4) is 0 Å². The number of ether oxygens (including phenoxy) is 1. The Kier molecular flexibility index (Phi) is 3.64. The lowest BCUT2D eigenvalue weighted by atomic mass is 10.1. The van der Waals surface area contributed by atoms with Gasteiger partial charge in [-0.2, -0.15) is 0 Å². The zero-order valence-corrected chi connectivity index (χ0v) is 12.1. The minimum Gasteiger partial charge on any atom is -0.465 e. The van der Waals surface area contributed by atoms with Crippen LogP contribution in [0.25, 0.3) is 5.69 Å². The molecule has 5 heteroatoms. The van der Waals surface area contributed by atoms with E-state index in [9.17, 15) is 4.79 Å². The number of nitrogen functional groups attached to an aromatic ring is 1. The summed E-state index contributed by atoms with van der Waals surface area (Å²) < 4.78 is 6.77. The van der Waals surface area contributed by atoms with Crippen molar-refractivity contribution in [1.82, 2.24) is 9.55 Å². The Morgan fingerprint density at radius 1 is 1.38 bits per heavy atom. The van der Waals surface area contributed by atoms with Crippen molar-refractivity contribution in [3.05, 3.63) is 42.0 Å². The first-order valence-corrected chi connectivity index (χ1v) is 7.22. The third-order valence-corrected chi connectivity index (χ3v) is 4.10. The average Bonchev–Trinajstić information content (AvgIpc) is 3.17. The topological polar surface area (TPSA) is 70.1 Å². The van der Waals surface area contributed by atoms with Gasteiger partial charge in [0.1, 0.15) is 5.82 Å². The smallest absolute Gasteiger partial charge is 0.337 e. The van der Waals surface area contributed by atoms with Gasteiger partial charge in [0.25, 0.3) is 0 Å². The van der Waals surface area contributed by atoms with Crippen LogP contribution in [-0.2, 0) is 4.74 Å². The first-order valence-electron chi connectivity index (χ1n) is 7.22. The number of benzene rings is 1. The van der Waals surface area contributed by atoms with E-state index in [1.807, 2.05) is 10.8 Å². The molecule has 110 valence electrons. The molecule has 0 radical (unpaired) electrons. The Morgan fingerprint density at radius 3 is 2.86 bits per heavy atom. The molecule has 2 aromatic rings. The van der Waals surface area contributed by atoms with Crippen LogP contribution < -0.4 is 5.73 Å². The standard InChI is InChI=1S/C16H19N3O2/c1-21-16(20)12-6-7-13(17)14(10-12)19-9-8-18-15(19)11-4-2-3-5-11/h6-11H,2-5,17H2,1H3. The molecule has 0 saturated heterocycles. The Morgan fingerprint density at radius 2 is 2.14 bits per heavy atom. The van der Waals surface area contributed by atoms with Gasteiger partial charge >= 0.3 is 5.97 Å². The number of imidazole rings is 1. The molecule has 1 aliphatic rings. The van der Waals surface area contributed by atoms with Crippen molar-refractivity contribution >= 4 is 11.7 Å². The summed E-state index contributed by atoms with van der Waals surface area (Å²) >= 11 is 0. The van der Waals surface area contributed by atoms with E-state index in [0.717, 1.165) is 24.4 Å². The maximum atomic E-state index is 11.7. The monoisotopic (exact) mass is 285 g/mol. The van der Waals surface area contributed by atoms with E-state index in [1.54, 1.807) is 24.4 Å². The largest absolute Gasteiger partial charge is 0.465 e. The third kappa shape index (κ3) is 2.51. The average molecular weight is 285 g/mol. The number of nitrogens with zero attached hydrogens (tertiary/aromatic N) is 2. The minimum absolute atomic E-state index is 0.362. The van der Waals surface area contributed by atoms with Crippen LogP contribution in [0.4, 0.5) is 5.69 Å². The number of carbonyl (C=O) groups is 1. The highest BCUT2D eigenvalue weighted by Crippen LogP contribution is 2.35. The number of aromatic nitrogens is 2. The molecule has 2 N–H and O–H groups in total. The van der Waals surface area contributed by atoms with Crippen LogP contribution in [0.5, 0.6) is 0 Å². The number of hydrogen-bond acceptors (Lipinski definition) is 4. The lowest BCUT2D eigenvalue weighted by Crippen LogP contribution is -2.09. The Labute approximate surface area is 123 Å². The maximum absolute atomic E-state index is 11.7. The lowest BCUT2D eigenvalue weighted by Gasteiger charge is -2.15. The van der Waals surface area contributed by atoms with Crippen molar-refractivity contribution in [2.45, 2.75) is 31.6 Å². The molecule has 1 heterocycles. The predicted molar refractivity (Wildman–Crippen MR) is 80.5 cm³/mol. The SMILES string of the molecule is COC(=O)c1ccc(N)c(-n2ccnc2C2CCCC2)c1. The van der Waals surface area contributed by atoms with Crippen LogP contribution in [0, 0.1) is 0 Å². The highest BCUT2D eigenvalue weighted by atomic mass is 16.5. The van der Waals surface area contributed by atoms with Gasteiger partial charge in [-0.1, -0.05) is 12.8 Å². The minimum atomic E-state index is -0.362. The number of esters is 1. The fraction of sp³-hybridized carbons (Fsp3) is 0.375. The van der Waals surface area contributed by atoms with Crippen molar-refractivity contribution in [2.24, 2.45) is 0 Å². The molecular formula is C16H19N3O2. The van der Waals surface area contributed by atoms with Crippen molar-refractivity contribution in [3.63, 3.8) is 0 Å². The summed E-state index contributed by atoms with van der Waals surface area (Å²) in [5.74, 6) is 1.14. The van der Waals surface area contributed by atoms with Crippen molar-refractivity contribution in [1.29, 1.82) is 0 Å². The number of hydrogen-bond donors (Lipinski definition) is 1. The molecule has 0 atom stereocenters. The molecule has 0 bridgehead atoms. The van der Waals surface area contributed by atoms with Crippen molar-refractivity contribution < 1.29 is 9.53 Å². The lowest BCUT2D eigenvalue weighted by molar-refractivity contribution is 0.0600. The summed E-state index contributed by atoms with van der Waals surface area (Å²) in [7, 11) is 1.37. The van der Waals surface area contributed by atoms with E-state index in [-0.39, 0.29) is 5.97 Å². The fourth-order valence-corrected chi connectivity index (χ4v) is 3.00. The van der Waals surface area contributed by atoms with Crippen LogP contribution in [0.2, 0.25) is 0 Å². The molecule has 0 spiro atoms. The normalized spacial score (nSPS) is 15.3. The van der Waals surface area contributed by atoms with Gasteiger partial charge in [-0.25, -0.2) is 9.78 Å². The van der Waals surface area contributed by atoms with E-state index >= 15 is 0 Å². The van der Waals surface area contributed by atoms with Gasteiger partial charge < -0.3 is 15.0 Å². The molecule has 1 aromatic carbocycles. The van der Waals surface area contributed by atoms with Crippen LogP contribution in [-0.4, -0.2) is 22.6 Å². The first-order chi connectivity index (χ1) is 10.2. The van der Waals surface area contributed by atoms with Gasteiger partial charge in [0.05, 0.1) is 24.0 Å². The predicted octanol–water partition coefficient (Wildman–Crippen LogP) is 2.90. The first kappa shape index (κ1) is 13.7. The fourth-order valence-electron chi connectivity index (χ4n) is 3.00. The van der Waals surface area contributed by atoms with Crippen LogP contribution >= 0.6 is 0 Å². The molecule has 21 heavy (non-hydrogen) atoms. The van der Waals surface area contributed by atoms with Crippen molar-refractivity contribution in [2.75, 3.05) is 12.8 Å². The highest BCUT2D eigenvalue weighted by Gasteiger charge is 2.22. The molecular weight excluding hydrogens is 266 g/mol. The summed E-state index contributed by atoms with van der Waals surface area (Å²) in [4.78, 5) is 16.2. The molecule has 0 aliphatic heterocycles. The second-order valence-electron chi connectivity index (χ2n) is 5.40. The molecule has 0 unspecified atom stereocenters. The highest BCUT2D eigenvalue weighted by molar-refractivity contribution is 5.91. The van der Waals surface area contributed by atoms with Crippen molar-refractivity contribution in [3.8, 4) is 5.69 Å². The number of methoxy groups -OCH3 is 1. The molecule has 1 aliphatic carbocycles. The summed E-state index contributed by atoms with van der Waals surface area (Å²) in [5, 5.41) is 0. The van der Waals surface area contributed by atoms with Gasteiger partial charge in [-0.15, -0.1) is 0 Å². The van der Waals surface area contributed by atoms with E-state index < -0.39 is 0 Å². The van der Waals surface area contributed by atoms with E-state index in [0.29, 0.717) is 17.2 Å². The molecule has 0 amide bonds. The quantitative estimate of drug-likeness (QED) is 0.695. The molecule has 1 fully saturated rings. The van der Waals surface area contributed by atoms with E-state index in [1.165, 1.54) is 20.0 Å². The number of nitrogens with two attached hydrogens (primary N) is 1. The Bertz CT molecular complexity index is 657. The number of anilines is 1. The van der Waals surface area contributed by atoms with Gasteiger partial charge in [0.2, 0.25) is 0 Å². The Hall–Kier alpha value is -2.30. The molecule has 5 nitrogen and oxygen atoms in total. The van der Waals surface area contributed by atoms with Gasteiger partial charge in [-0.3, -0.25) is 0 Å². The Balaban J connectivity index is 2.04. The van der Waals surface area contributed by atoms with Gasteiger partial charge in [0, 0.05) is 18.3 Å². The third-order valence-electron chi connectivity index (χ3n) is 4.10. The summed E-state index contributed by atoms with van der Waals surface area (Å²) in [5.41, 5.74) is 8.00. The summed E-state index contributed by atoms with van der Waals surface area (Å²) in [6.45, 7) is 0.